The van der Waals surface area contributed by atoms with Crippen LogP contribution in [0.15, 0.2) is 18.2 Å². The van der Waals surface area contributed by atoms with E-state index >= 15 is 0 Å². The second-order valence-electron chi connectivity index (χ2n) is 3.35. The van der Waals surface area contributed by atoms with Crippen molar-refractivity contribution in [2.75, 3.05) is 13.1 Å². The molecule has 1 atom stereocenters. The van der Waals surface area contributed by atoms with Gasteiger partial charge in [0.15, 0.2) is 0 Å². The molecular formula is C11H17FN2. The molecule has 0 aliphatic heterocycles. The quantitative estimate of drug-likeness (QED) is 0.769. The molecule has 3 N–H and O–H groups in total. The zero-order valence-electron chi connectivity index (χ0n) is 8.68. The number of hydrogen-bond donors (Lipinski definition) is 2. The van der Waals surface area contributed by atoms with Crippen LogP contribution < -0.4 is 11.1 Å². The van der Waals surface area contributed by atoms with Crippen molar-refractivity contribution in [1.82, 2.24) is 5.32 Å². The Hall–Kier alpha value is -0.930. The topological polar surface area (TPSA) is 38.0 Å². The predicted molar refractivity (Wildman–Crippen MR) is 56.6 cm³/mol. The summed E-state index contributed by atoms with van der Waals surface area (Å²) in [5.74, 6) is -0.196. The van der Waals surface area contributed by atoms with Crippen molar-refractivity contribution >= 4 is 0 Å². The predicted octanol–water partition coefficient (Wildman–Crippen LogP) is 1.74. The molecule has 0 saturated heterocycles. The van der Waals surface area contributed by atoms with Crippen LogP contribution in [0.25, 0.3) is 0 Å². The molecule has 78 valence electrons. The third-order valence-corrected chi connectivity index (χ3v) is 2.29. The lowest BCUT2D eigenvalue weighted by molar-refractivity contribution is 0.556. The van der Waals surface area contributed by atoms with Gasteiger partial charge in [-0.05, 0) is 36.7 Å². The van der Waals surface area contributed by atoms with Gasteiger partial charge in [0.05, 0.1) is 0 Å². The van der Waals surface area contributed by atoms with Crippen molar-refractivity contribution in [3.8, 4) is 0 Å². The molecule has 0 aliphatic carbocycles. The first-order chi connectivity index (χ1) is 6.69. The zero-order valence-corrected chi connectivity index (χ0v) is 8.68. The van der Waals surface area contributed by atoms with Gasteiger partial charge in [-0.15, -0.1) is 0 Å². The monoisotopic (exact) mass is 196 g/mol. The summed E-state index contributed by atoms with van der Waals surface area (Å²) in [5.41, 5.74) is 7.67. The standard InChI is InChI=1S/C11H17FN2/c1-3-14-11(7-13)10-5-4-9(12)6-8(10)2/h4-6,11,14H,3,7,13H2,1-2H3. The third kappa shape index (κ3) is 2.53. The van der Waals surface area contributed by atoms with Gasteiger partial charge in [-0.2, -0.15) is 0 Å². The highest BCUT2D eigenvalue weighted by Crippen LogP contribution is 2.17. The minimum atomic E-state index is -0.196. The summed E-state index contributed by atoms with van der Waals surface area (Å²) in [4.78, 5) is 0. The van der Waals surface area contributed by atoms with E-state index in [1.165, 1.54) is 12.1 Å². The van der Waals surface area contributed by atoms with Crippen LogP contribution in [0.2, 0.25) is 0 Å². The fraction of sp³-hybridized carbons (Fsp3) is 0.455. The fourth-order valence-electron chi connectivity index (χ4n) is 1.60. The normalized spacial score (nSPS) is 12.9. The maximum atomic E-state index is 12.8. The summed E-state index contributed by atoms with van der Waals surface area (Å²) in [6.45, 7) is 5.32. The Labute approximate surface area is 84.3 Å². The summed E-state index contributed by atoms with van der Waals surface area (Å²) >= 11 is 0. The highest BCUT2D eigenvalue weighted by atomic mass is 19.1. The van der Waals surface area contributed by atoms with Gasteiger partial charge in [0.25, 0.3) is 0 Å². The smallest absolute Gasteiger partial charge is 0.123 e. The molecule has 0 amide bonds. The Morgan fingerprint density at radius 3 is 2.71 bits per heavy atom. The van der Waals surface area contributed by atoms with Crippen molar-refractivity contribution in [2.24, 2.45) is 5.73 Å². The Kier molecular flexibility index (Phi) is 4.04. The highest BCUT2D eigenvalue weighted by molar-refractivity contribution is 5.29. The van der Waals surface area contributed by atoms with Gasteiger partial charge in [0.2, 0.25) is 0 Å². The minimum Gasteiger partial charge on any atom is -0.329 e. The Bertz CT molecular complexity index is 299. The van der Waals surface area contributed by atoms with E-state index in [4.69, 9.17) is 5.73 Å². The maximum Gasteiger partial charge on any atom is 0.123 e. The van der Waals surface area contributed by atoms with Crippen molar-refractivity contribution in [3.63, 3.8) is 0 Å². The van der Waals surface area contributed by atoms with Crippen molar-refractivity contribution in [2.45, 2.75) is 19.9 Å². The van der Waals surface area contributed by atoms with Crippen LogP contribution in [0.5, 0.6) is 0 Å². The molecule has 0 heterocycles. The number of nitrogens with two attached hydrogens (primary N) is 1. The Balaban J connectivity index is 2.92. The largest absolute Gasteiger partial charge is 0.329 e. The van der Waals surface area contributed by atoms with Crippen LogP contribution in [0.3, 0.4) is 0 Å². The van der Waals surface area contributed by atoms with E-state index in [1.54, 1.807) is 6.07 Å². The molecule has 14 heavy (non-hydrogen) atoms. The lowest BCUT2D eigenvalue weighted by Crippen LogP contribution is -2.28. The van der Waals surface area contributed by atoms with Gasteiger partial charge >= 0.3 is 0 Å². The van der Waals surface area contributed by atoms with E-state index < -0.39 is 0 Å². The Morgan fingerprint density at radius 2 is 2.21 bits per heavy atom. The number of likely N-dealkylation sites (N-methyl/N-ethyl adjacent to an activating group) is 1. The van der Waals surface area contributed by atoms with E-state index in [2.05, 4.69) is 5.32 Å². The van der Waals surface area contributed by atoms with E-state index in [0.29, 0.717) is 6.54 Å². The van der Waals surface area contributed by atoms with Crippen LogP contribution in [-0.2, 0) is 0 Å². The molecule has 0 saturated carbocycles. The molecule has 1 unspecified atom stereocenters. The molecule has 3 heteroatoms. The fourth-order valence-corrected chi connectivity index (χ4v) is 1.60. The number of aryl methyl sites for hydroxylation is 1. The second kappa shape index (κ2) is 5.08. The summed E-state index contributed by atoms with van der Waals surface area (Å²) in [6, 6.07) is 4.93. The van der Waals surface area contributed by atoms with Gasteiger partial charge in [-0.25, -0.2) is 4.39 Å². The average Bonchev–Trinajstić information content (AvgIpc) is 2.15. The molecule has 0 fully saturated rings. The van der Waals surface area contributed by atoms with Gasteiger partial charge in [-0.1, -0.05) is 13.0 Å². The lowest BCUT2D eigenvalue weighted by Gasteiger charge is -2.18. The SMILES string of the molecule is CCNC(CN)c1ccc(F)cc1C. The summed E-state index contributed by atoms with van der Waals surface area (Å²) in [6.07, 6.45) is 0. The molecule has 1 aromatic carbocycles. The molecule has 0 radical (unpaired) electrons. The van der Waals surface area contributed by atoms with Gasteiger partial charge in [-0.3, -0.25) is 0 Å². The maximum absolute atomic E-state index is 12.8. The minimum absolute atomic E-state index is 0.126. The van der Waals surface area contributed by atoms with E-state index in [0.717, 1.165) is 17.7 Å². The molecule has 1 aromatic rings. The van der Waals surface area contributed by atoms with E-state index in [9.17, 15) is 4.39 Å². The van der Waals surface area contributed by atoms with Crippen LogP contribution in [0, 0.1) is 12.7 Å². The second-order valence-corrected chi connectivity index (χ2v) is 3.35. The van der Waals surface area contributed by atoms with Crippen molar-refractivity contribution in [1.29, 1.82) is 0 Å². The van der Waals surface area contributed by atoms with Crippen LogP contribution in [0.1, 0.15) is 24.1 Å². The lowest BCUT2D eigenvalue weighted by atomic mass is 10.0. The first-order valence-electron chi connectivity index (χ1n) is 4.88. The summed E-state index contributed by atoms with van der Waals surface area (Å²) in [5, 5.41) is 3.26. The van der Waals surface area contributed by atoms with Gasteiger partial charge < -0.3 is 11.1 Å². The summed E-state index contributed by atoms with van der Waals surface area (Å²) in [7, 11) is 0. The number of rotatable bonds is 4. The number of halogens is 1. The van der Waals surface area contributed by atoms with E-state index in [1.807, 2.05) is 13.8 Å². The first-order valence-corrected chi connectivity index (χ1v) is 4.88. The molecule has 0 spiro atoms. The molecule has 1 rings (SSSR count). The van der Waals surface area contributed by atoms with Gasteiger partial charge in [0, 0.05) is 12.6 Å². The average molecular weight is 196 g/mol. The molecular weight excluding hydrogens is 179 g/mol. The summed E-state index contributed by atoms with van der Waals surface area (Å²) < 4.78 is 12.8. The zero-order chi connectivity index (χ0) is 10.6. The molecule has 2 nitrogen and oxygen atoms in total. The highest BCUT2D eigenvalue weighted by Gasteiger charge is 2.10. The first kappa shape index (κ1) is 11.1. The van der Waals surface area contributed by atoms with Crippen molar-refractivity contribution < 1.29 is 4.39 Å². The van der Waals surface area contributed by atoms with Crippen molar-refractivity contribution in [3.05, 3.63) is 35.1 Å². The molecule has 0 aromatic heterocycles. The van der Waals surface area contributed by atoms with Crippen LogP contribution in [-0.4, -0.2) is 13.1 Å². The number of benzene rings is 1. The molecule has 0 aliphatic rings. The number of nitrogens with one attached hydrogen (secondary N) is 1. The molecule has 0 bridgehead atoms. The number of hydrogen-bond acceptors (Lipinski definition) is 2. The van der Waals surface area contributed by atoms with Crippen LogP contribution >= 0.6 is 0 Å². The third-order valence-electron chi connectivity index (χ3n) is 2.29. The van der Waals surface area contributed by atoms with Gasteiger partial charge in [0.1, 0.15) is 5.82 Å². The van der Waals surface area contributed by atoms with Crippen LogP contribution in [0.4, 0.5) is 4.39 Å². The van der Waals surface area contributed by atoms with E-state index in [-0.39, 0.29) is 11.9 Å². The Morgan fingerprint density at radius 1 is 1.50 bits per heavy atom.